The maximum Gasteiger partial charge on any atom is 0.257 e. The van der Waals surface area contributed by atoms with E-state index in [0.717, 1.165) is 17.9 Å². The maximum atomic E-state index is 12.4. The third-order valence-electron chi connectivity index (χ3n) is 3.72. The standard InChI is InChI=1S/C21H26N2O3S/c1-5-15(4)26-18-11-9-17(10-12-18)22-21(27)23-20(24)16-7-6-8-19(13-16)25-14(2)3/h6-15H,5H2,1-4H3,(H2,22,23,24,27). The van der Waals surface area contributed by atoms with Gasteiger partial charge in [0.15, 0.2) is 5.11 Å². The van der Waals surface area contributed by atoms with Crippen LogP contribution in [0.15, 0.2) is 48.5 Å². The molecule has 0 aliphatic carbocycles. The van der Waals surface area contributed by atoms with Gasteiger partial charge in [0.25, 0.3) is 5.91 Å². The van der Waals surface area contributed by atoms with Crippen LogP contribution in [0.3, 0.4) is 0 Å². The minimum absolute atomic E-state index is 0.0401. The lowest BCUT2D eigenvalue weighted by Crippen LogP contribution is -2.34. The highest BCUT2D eigenvalue weighted by molar-refractivity contribution is 7.80. The number of rotatable bonds is 7. The lowest BCUT2D eigenvalue weighted by Gasteiger charge is -2.14. The number of hydrogen-bond acceptors (Lipinski definition) is 4. The Kier molecular flexibility index (Phi) is 7.61. The minimum atomic E-state index is -0.293. The van der Waals surface area contributed by atoms with Crippen molar-refractivity contribution in [3.8, 4) is 11.5 Å². The molecule has 0 saturated heterocycles. The van der Waals surface area contributed by atoms with Gasteiger partial charge >= 0.3 is 0 Å². The summed E-state index contributed by atoms with van der Waals surface area (Å²) in [6.07, 6.45) is 1.15. The molecular formula is C21H26N2O3S. The monoisotopic (exact) mass is 386 g/mol. The SMILES string of the molecule is CCC(C)Oc1ccc(NC(=S)NC(=O)c2cccc(OC(C)C)c2)cc1. The van der Waals surface area contributed by atoms with Crippen molar-refractivity contribution in [1.29, 1.82) is 0 Å². The van der Waals surface area contributed by atoms with Crippen molar-refractivity contribution >= 4 is 28.9 Å². The second-order valence-corrected chi connectivity index (χ2v) is 6.87. The van der Waals surface area contributed by atoms with Gasteiger partial charge in [-0.15, -0.1) is 0 Å². The summed E-state index contributed by atoms with van der Waals surface area (Å²) >= 11 is 5.23. The quantitative estimate of drug-likeness (QED) is 0.671. The Bertz CT molecular complexity index is 775. The van der Waals surface area contributed by atoms with E-state index in [-0.39, 0.29) is 23.2 Å². The van der Waals surface area contributed by atoms with Gasteiger partial charge in [-0.2, -0.15) is 0 Å². The largest absolute Gasteiger partial charge is 0.491 e. The first-order valence-electron chi connectivity index (χ1n) is 9.03. The fourth-order valence-corrected chi connectivity index (χ4v) is 2.46. The van der Waals surface area contributed by atoms with Crippen LogP contribution in [0, 0.1) is 0 Å². The summed E-state index contributed by atoms with van der Waals surface area (Å²) in [5, 5.41) is 5.90. The Morgan fingerprint density at radius 3 is 2.37 bits per heavy atom. The molecule has 6 heteroatoms. The number of ether oxygens (including phenoxy) is 2. The number of amides is 1. The van der Waals surface area contributed by atoms with Gasteiger partial charge in [-0.1, -0.05) is 13.0 Å². The Balaban J connectivity index is 1.92. The minimum Gasteiger partial charge on any atom is -0.491 e. The summed E-state index contributed by atoms with van der Waals surface area (Å²) in [5.74, 6) is 1.15. The van der Waals surface area contributed by atoms with Crippen LogP contribution < -0.4 is 20.1 Å². The highest BCUT2D eigenvalue weighted by atomic mass is 32.1. The van der Waals surface area contributed by atoms with E-state index in [1.807, 2.05) is 51.1 Å². The molecule has 1 unspecified atom stereocenters. The molecule has 0 bridgehead atoms. The summed E-state index contributed by atoms with van der Waals surface area (Å²) in [6.45, 7) is 7.97. The topological polar surface area (TPSA) is 59.6 Å². The van der Waals surface area contributed by atoms with Gasteiger partial charge in [-0.05, 0) is 81.9 Å². The van der Waals surface area contributed by atoms with Crippen molar-refractivity contribution in [3.63, 3.8) is 0 Å². The van der Waals surface area contributed by atoms with Gasteiger partial charge in [0.2, 0.25) is 0 Å². The molecule has 0 aliphatic rings. The zero-order valence-corrected chi connectivity index (χ0v) is 16.9. The van der Waals surface area contributed by atoms with Gasteiger partial charge in [-0.3, -0.25) is 10.1 Å². The average Bonchev–Trinajstić information content (AvgIpc) is 2.62. The molecule has 2 aromatic rings. The number of hydrogen-bond donors (Lipinski definition) is 2. The summed E-state index contributed by atoms with van der Waals surface area (Å²) in [7, 11) is 0. The molecule has 2 rings (SSSR count). The van der Waals surface area contributed by atoms with E-state index in [0.29, 0.717) is 11.3 Å². The van der Waals surface area contributed by atoms with E-state index < -0.39 is 0 Å². The highest BCUT2D eigenvalue weighted by Gasteiger charge is 2.10. The molecule has 0 radical (unpaired) electrons. The highest BCUT2D eigenvalue weighted by Crippen LogP contribution is 2.18. The predicted molar refractivity (Wildman–Crippen MR) is 113 cm³/mol. The number of anilines is 1. The van der Waals surface area contributed by atoms with Crippen LogP contribution in [0.25, 0.3) is 0 Å². The lowest BCUT2D eigenvalue weighted by molar-refractivity contribution is 0.0977. The summed E-state index contributed by atoms with van der Waals surface area (Å²) in [4.78, 5) is 12.4. The molecule has 144 valence electrons. The summed E-state index contributed by atoms with van der Waals surface area (Å²) < 4.78 is 11.4. The Morgan fingerprint density at radius 2 is 1.74 bits per heavy atom. The first-order chi connectivity index (χ1) is 12.9. The molecule has 27 heavy (non-hydrogen) atoms. The van der Waals surface area contributed by atoms with Crippen molar-refractivity contribution < 1.29 is 14.3 Å². The van der Waals surface area contributed by atoms with Crippen LogP contribution in [0.5, 0.6) is 11.5 Å². The smallest absolute Gasteiger partial charge is 0.257 e. The molecule has 0 spiro atoms. The fourth-order valence-electron chi connectivity index (χ4n) is 2.25. The Morgan fingerprint density at radius 1 is 1.04 bits per heavy atom. The van der Waals surface area contributed by atoms with E-state index in [1.165, 1.54) is 0 Å². The second-order valence-electron chi connectivity index (χ2n) is 6.46. The van der Waals surface area contributed by atoms with E-state index in [9.17, 15) is 4.79 Å². The Hall–Kier alpha value is -2.60. The van der Waals surface area contributed by atoms with Gasteiger partial charge in [0, 0.05) is 11.3 Å². The van der Waals surface area contributed by atoms with Crippen LogP contribution >= 0.6 is 12.2 Å². The van der Waals surface area contributed by atoms with Gasteiger partial charge in [0.1, 0.15) is 11.5 Å². The van der Waals surface area contributed by atoms with E-state index in [1.54, 1.807) is 18.2 Å². The van der Waals surface area contributed by atoms with E-state index >= 15 is 0 Å². The molecule has 2 aromatic carbocycles. The molecule has 1 amide bonds. The predicted octanol–water partition coefficient (Wildman–Crippen LogP) is 4.78. The van der Waals surface area contributed by atoms with Gasteiger partial charge < -0.3 is 14.8 Å². The number of carbonyl (C=O) groups is 1. The van der Waals surface area contributed by atoms with Crippen molar-refractivity contribution in [1.82, 2.24) is 5.32 Å². The van der Waals surface area contributed by atoms with Crippen molar-refractivity contribution in [2.75, 3.05) is 5.32 Å². The second kappa shape index (κ2) is 9.92. The van der Waals surface area contributed by atoms with Gasteiger partial charge in [0.05, 0.1) is 12.2 Å². The fraction of sp³-hybridized carbons (Fsp3) is 0.333. The maximum absolute atomic E-state index is 12.4. The third kappa shape index (κ3) is 6.90. The van der Waals surface area contributed by atoms with E-state index in [4.69, 9.17) is 21.7 Å². The van der Waals surface area contributed by atoms with Gasteiger partial charge in [-0.25, -0.2) is 0 Å². The lowest BCUT2D eigenvalue weighted by atomic mass is 10.2. The molecule has 0 aliphatic heterocycles. The summed E-state index contributed by atoms with van der Waals surface area (Å²) in [5.41, 5.74) is 1.25. The van der Waals surface area contributed by atoms with Crippen molar-refractivity contribution in [2.45, 2.75) is 46.3 Å². The number of nitrogens with one attached hydrogen (secondary N) is 2. The van der Waals surface area contributed by atoms with Crippen LogP contribution in [0.1, 0.15) is 44.5 Å². The number of benzene rings is 2. The van der Waals surface area contributed by atoms with Crippen molar-refractivity contribution in [2.24, 2.45) is 0 Å². The molecule has 5 nitrogen and oxygen atoms in total. The molecule has 0 aromatic heterocycles. The molecule has 0 fully saturated rings. The van der Waals surface area contributed by atoms with Crippen LogP contribution in [-0.2, 0) is 0 Å². The molecular weight excluding hydrogens is 360 g/mol. The van der Waals surface area contributed by atoms with Crippen LogP contribution in [0.2, 0.25) is 0 Å². The number of carbonyl (C=O) groups excluding carboxylic acids is 1. The molecule has 2 N–H and O–H groups in total. The van der Waals surface area contributed by atoms with E-state index in [2.05, 4.69) is 17.6 Å². The zero-order chi connectivity index (χ0) is 19.8. The third-order valence-corrected chi connectivity index (χ3v) is 3.92. The van der Waals surface area contributed by atoms with Crippen LogP contribution in [0.4, 0.5) is 5.69 Å². The molecule has 0 heterocycles. The molecule has 0 saturated carbocycles. The zero-order valence-electron chi connectivity index (χ0n) is 16.1. The average molecular weight is 387 g/mol. The number of thiocarbonyl (C=S) groups is 1. The van der Waals surface area contributed by atoms with Crippen LogP contribution in [-0.4, -0.2) is 23.2 Å². The van der Waals surface area contributed by atoms with Crippen molar-refractivity contribution in [3.05, 3.63) is 54.1 Å². The normalized spacial score (nSPS) is 11.6. The first-order valence-corrected chi connectivity index (χ1v) is 9.44. The molecule has 1 atom stereocenters. The first kappa shape index (κ1) is 20.7. The summed E-state index contributed by atoms with van der Waals surface area (Å²) in [6, 6.07) is 14.4. The Labute approximate surface area is 166 Å².